The van der Waals surface area contributed by atoms with Gasteiger partial charge in [-0.2, -0.15) is 0 Å². The molecular formula is C9H18N2O. The molecule has 2 fully saturated rings. The van der Waals surface area contributed by atoms with Gasteiger partial charge in [0.2, 0.25) is 0 Å². The molecule has 0 aromatic rings. The van der Waals surface area contributed by atoms with Gasteiger partial charge < -0.3 is 10.4 Å². The minimum atomic E-state index is -0.216. The minimum Gasteiger partial charge on any atom is -0.392 e. The van der Waals surface area contributed by atoms with Gasteiger partial charge in [0.1, 0.15) is 0 Å². The molecule has 2 aliphatic rings. The quantitative estimate of drug-likeness (QED) is 0.572. The molecule has 2 aliphatic heterocycles. The third-order valence-corrected chi connectivity index (χ3v) is 3.13. The van der Waals surface area contributed by atoms with E-state index in [0.717, 1.165) is 19.1 Å². The Kier molecular flexibility index (Phi) is 2.35. The Morgan fingerprint density at radius 3 is 3.17 bits per heavy atom. The van der Waals surface area contributed by atoms with Crippen molar-refractivity contribution in [1.82, 2.24) is 10.2 Å². The van der Waals surface area contributed by atoms with Crippen LogP contribution in [0.2, 0.25) is 0 Å². The SMILES string of the molecule is C[C@H](O)[C@@H]1CN2CCC[C@@H]2CN1. The summed E-state index contributed by atoms with van der Waals surface area (Å²) in [6, 6.07) is 1.04. The van der Waals surface area contributed by atoms with Crippen molar-refractivity contribution in [3.05, 3.63) is 0 Å². The first kappa shape index (κ1) is 8.48. The molecule has 0 unspecified atom stereocenters. The topological polar surface area (TPSA) is 35.5 Å². The van der Waals surface area contributed by atoms with E-state index >= 15 is 0 Å². The highest BCUT2D eigenvalue weighted by Crippen LogP contribution is 2.20. The molecule has 2 N–H and O–H groups in total. The van der Waals surface area contributed by atoms with Crippen LogP contribution >= 0.6 is 0 Å². The first-order chi connectivity index (χ1) is 5.77. The second-order valence-corrected chi connectivity index (χ2v) is 4.05. The highest BCUT2D eigenvalue weighted by Gasteiger charge is 2.32. The maximum absolute atomic E-state index is 9.41. The van der Waals surface area contributed by atoms with Crippen molar-refractivity contribution in [3.8, 4) is 0 Å². The number of rotatable bonds is 1. The lowest BCUT2D eigenvalue weighted by atomic mass is 10.1. The molecule has 3 heteroatoms. The molecule has 70 valence electrons. The molecule has 0 radical (unpaired) electrons. The summed E-state index contributed by atoms with van der Waals surface area (Å²) in [6.07, 6.45) is 2.45. The van der Waals surface area contributed by atoms with E-state index in [1.54, 1.807) is 0 Å². The number of hydrogen-bond donors (Lipinski definition) is 2. The highest BCUT2D eigenvalue weighted by molar-refractivity contribution is 4.91. The van der Waals surface area contributed by atoms with E-state index < -0.39 is 0 Å². The van der Waals surface area contributed by atoms with Crippen LogP contribution in [-0.2, 0) is 0 Å². The molecule has 3 atom stereocenters. The van der Waals surface area contributed by atoms with Gasteiger partial charge in [-0.05, 0) is 26.3 Å². The Morgan fingerprint density at radius 1 is 1.58 bits per heavy atom. The third-order valence-electron chi connectivity index (χ3n) is 3.13. The highest BCUT2D eigenvalue weighted by atomic mass is 16.3. The van der Waals surface area contributed by atoms with Crippen molar-refractivity contribution in [1.29, 1.82) is 0 Å². The Balaban J connectivity index is 1.92. The molecule has 0 aromatic heterocycles. The molecule has 2 heterocycles. The van der Waals surface area contributed by atoms with Gasteiger partial charge in [0, 0.05) is 25.2 Å². The van der Waals surface area contributed by atoms with E-state index in [-0.39, 0.29) is 6.10 Å². The van der Waals surface area contributed by atoms with Crippen LogP contribution in [0, 0.1) is 0 Å². The van der Waals surface area contributed by atoms with Gasteiger partial charge in [0.05, 0.1) is 6.10 Å². The second kappa shape index (κ2) is 3.32. The number of aliphatic hydroxyl groups is 1. The van der Waals surface area contributed by atoms with Crippen molar-refractivity contribution in [3.63, 3.8) is 0 Å². The standard InChI is InChI=1S/C9H18N2O/c1-7(12)9-6-11-4-2-3-8(11)5-10-9/h7-10,12H,2-6H2,1H3/t7-,8+,9-/m0/s1. The van der Waals surface area contributed by atoms with Gasteiger partial charge in [0.25, 0.3) is 0 Å². The summed E-state index contributed by atoms with van der Waals surface area (Å²) < 4.78 is 0. The zero-order valence-electron chi connectivity index (χ0n) is 7.66. The summed E-state index contributed by atoms with van der Waals surface area (Å²) in [5, 5.41) is 12.8. The van der Waals surface area contributed by atoms with Crippen LogP contribution in [0.15, 0.2) is 0 Å². The number of aliphatic hydroxyl groups excluding tert-OH is 1. The van der Waals surface area contributed by atoms with Crippen LogP contribution in [0.4, 0.5) is 0 Å². The van der Waals surface area contributed by atoms with Crippen LogP contribution in [0.5, 0.6) is 0 Å². The molecule has 0 aliphatic carbocycles. The number of hydrogen-bond acceptors (Lipinski definition) is 3. The van der Waals surface area contributed by atoms with E-state index in [2.05, 4.69) is 10.2 Å². The molecule has 0 aromatic carbocycles. The van der Waals surface area contributed by atoms with Crippen molar-refractivity contribution in [2.45, 2.75) is 38.0 Å². The predicted octanol–water partition coefficient (Wildman–Crippen LogP) is -0.197. The van der Waals surface area contributed by atoms with Crippen LogP contribution in [0.3, 0.4) is 0 Å². The molecule has 2 saturated heterocycles. The smallest absolute Gasteiger partial charge is 0.0677 e. The Morgan fingerprint density at radius 2 is 2.42 bits per heavy atom. The maximum Gasteiger partial charge on any atom is 0.0677 e. The largest absolute Gasteiger partial charge is 0.392 e. The monoisotopic (exact) mass is 170 g/mol. The minimum absolute atomic E-state index is 0.216. The molecule has 0 saturated carbocycles. The summed E-state index contributed by atoms with van der Waals surface area (Å²) in [4.78, 5) is 2.51. The van der Waals surface area contributed by atoms with Gasteiger partial charge in [-0.1, -0.05) is 0 Å². The van der Waals surface area contributed by atoms with Crippen molar-refractivity contribution < 1.29 is 5.11 Å². The maximum atomic E-state index is 9.41. The van der Waals surface area contributed by atoms with Crippen LogP contribution < -0.4 is 5.32 Å². The lowest BCUT2D eigenvalue weighted by Crippen LogP contribution is -2.57. The molecule has 0 spiro atoms. The van der Waals surface area contributed by atoms with Gasteiger partial charge in [-0.3, -0.25) is 4.90 Å². The predicted molar refractivity (Wildman–Crippen MR) is 48.1 cm³/mol. The van der Waals surface area contributed by atoms with Gasteiger partial charge in [-0.15, -0.1) is 0 Å². The normalized spacial score (nSPS) is 39.5. The van der Waals surface area contributed by atoms with Gasteiger partial charge in [-0.25, -0.2) is 0 Å². The lowest BCUT2D eigenvalue weighted by molar-refractivity contribution is 0.0805. The van der Waals surface area contributed by atoms with E-state index in [9.17, 15) is 5.11 Å². The Labute approximate surface area is 73.8 Å². The summed E-state index contributed by atoms with van der Waals surface area (Å²) in [6.45, 7) is 5.20. The van der Waals surface area contributed by atoms with Gasteiger partial charge in [0.15, 0.2) is 0 Å². The van der Waals surface area contributed by atoms with E-state index in [0.29, 0.717) is 6.04 Å². The molecule has 3 nitrogen and oxygen atoms in total. The van der Waals surface area contributed by atoms with Crippen molar-refractivity contribution in [2.75, 3.05) is 19.6 Å². The second-order valence-electron chi connectivity index (χ2n) is 4.05. The summed E-state index contributed by atoms with van der Waals surface area (Å²) in [5.41, 5.74) is 0. The fourth-order valence-electron chi connectivity index (χ4n) is 2.29. The lowest BCUT2D eigenvalue weighted by Gasteiger charge is -2.37. The fraction of sp³-hybridized carbons (Fsp3) is 1.00. The molecule has 12 heavy (non-hydrogen) atoms. The fourth-order valence-corrected chi connectivity index (χ4v) is 2.29. The molecular weight excluding hydrogens is 152 g/mol. The first-order valence-electron chi connectivity index (χ1n) is 4.93. The van der Waals surface area contributed by atoms with Crippen LogP contribution in [0.25, 0.3) is 0 Å². The summed E-state index contributed by atoms with van der Waals surface area (Å²) >= 11 is 0. The molecule has 0 bridgehead atoms. The van der Waals surface area contributed by atoms with Gasteiger partial charge >= 0.3 is 0 Å². The van der Waals surface area contributed by atoms with E-state index in [4.69, 9.17) is 0 Å². The van der Waals surface area contributed by atoms with E-state index in [1.165, 1.54) is 19.4 Å². The number of nitrogens with zero attached hydrogens (tertiary/aromatic N) is 1. The molecule has 2 rings (SSSR count). The van der Waals surface area contributed by atoms with Crippen molar-refractivity contribution in [2.24, 2.45) is 0 Å². The number of fused-ring (bicyclic) bond motifs is 1. The summed E-state index contributed by atoms with van der Waals surface area (Å²) in [7, 11) is 0. The number of piperazine rings is 1. The number of nitrogens with one attached hydrogen (secondary N) is 1. The van der Waals surface area contributed by atoms with Crippen LogP contribution in [-0.4, -0.2) is 47.8 Å². The van der Waals surface area contributed by atoms with Crippen molar-refractivity contribution >= 4 is 0 Å². The summed E-state index contributed by atoms with van der Waals surface area (Å²) in [5.74, 6) is 0. The Hall–Kier alpha value is -0.120. The average Bonchev–Trinajstić information content (AvgIpc) is 2.49. The van der Waals surface area contributed by atoms with E-state index in [1.807, 2.05) is 6.92 Å². The Bertz CT molecular complexity index is 161. The zero-order chi connectivity index (χ0) is 8.55. The van der Waals surface area contributed by atoms with Crippen LogP contribution in [0.1, 0.15) is 19.8 Å². The third kappa shape index (κ3) is 1.49. The first-order valence-corrected chi connectivity index (χ1v) is 4.93. The zero-order valence-corrected chi connectivity index (χ0v) is 7.66. The average molecular weight is 170 g/mol. The molecule has 0 amide bonds.